The van der Waals surface area contributed by atoms with E-state index in [4.69, 9.17) is 21.6 Å². The highest BCUT2D eigenvalue weighted by Gasteiger charge is 2.57. The molecule has 2 amide bonds. The van der Waals surface area contributed by atoms with Crippen molar-refractivity contribution in [3.8, 4) is 5.75 Å². The van der Waals surface area contributed by atoms with E-state index in [0.717, 1.165) is 12.0 Å². The Hall–Kier alpha value is -2.39. The lowest BCUT2D eigenvalue weighted by molar-refractivity contribution is -0.141. The zero-order valence-corrected chi connectivity index (χ0v) is 19.0. The van der Waals surface area contributed by atoms with E-state index in [2.05, 4.69) is 25.0 Å². The van der Waals surface area contributed by atoms with E-state index in [-0.39, 0.29) is 24.2 Å². The number of nitrogens with one attached hydrogen (secondary N) is 2. The van der Waals surface area contributed by atoms with Crippen molar-refractivity contribution in [3.63, 3.8) is 0 Å². The fourth-order valence-electron chi connectivity index (χ4n) is 4.10. The van der Waals surface area contributed by atoms with Gasteiger partial charge in [-0.2, -0.15) is 0 Å². The number of nitrogens with zero attached hydrogens (tertiary/aromatic N) is 1. The third-order valence-corrected chi connectivity index (χ3v) is 8.92. The van der Waals surface area contributed by atoms with Gasteiger partial charge in [0.1, 0.15) is 16.7 Å². The number of amides is 2. The Labute approximate surface area is 173 Å². The molecule has 2 atom stereocenters. The molecule has 2 rings (SSSR count). The Morgan fingerprint density at radius 1 is 1.38 bits per heavy atom. The number of benzene rings is 1. The number of carbonyl (C=O) groups excluding carboxylic acids is 2. The number of amidine groups is 1. The number of nitrogen functional groups attached to an aromatic ring is 1. The third kappa shape index (κ3) is 4.30. The molecule has 29 heavy (non-hydrogen) atoms. The summed E-state index contributed by atoms with van der Waals surface area (Å²) in [6.45, 7) is 8.81. The molecule has 0 bridgehead atoms. The summed E-state index contributed by atoms with van der Waals surface area (Å²) in [5, 5.41) is 9.76. The number of likely N-dealkylation sites (tertiary alicyclic amines) is 1. The van der Waals surface area contributed by atoms with Crippen LogP contribution < -0.4 is 21.5 Å². The van der Waals surface area contributed by atoms with Crippen LogP contribution in [0.25, 0.3) is 0 Å². The highest BCUT2D eigenvalue weighted by atomic mass is 28.3. The summed E-state index contributed by atoms with van der Waals surface area (Å²) in [5.74, 6) is 0.187. The standard InChI is InChI=1S/C20H33N5O3Si/c1-13(21)18(26)25-10-6-9-20(25,29(3,4)5)19(27)24-12-15-8-7-14(17(22)23)11-16(15)28-2/h7-8,11,13H,6,9-10,12,21H2,1-5H3,(H3,22,23)(H,24,27)/t13-,20+/m0/s1. The van der Waals surface area contributed by atoms with Gasteiger partial charge >= 0.3 is 0 Å². The lowest BCUT2D eigenvalue weighted by Crippen LogP contribution is -2.70. The Morgan fingerprint density at radius 2 is 2.03 bits per heavy atom. The summed E-state index contributed by atoms with van der Waals surface area (Å²) in [4.78, 5) is 28.0. The number of methoxy groups -OCH3 is 1. The Morgan fingerprint density at radius 3 is 2.55 bits per heavy atom. The molecule has 0 spiro atoms. The van der Waals surface area contributed by atoms with E-state index in [1.807, 2.05) is 0 Å². The molecule has 1 aromatic rings. The number of hydrogen-bond donors (Lipinski definition) is 4. The van der Waals surface area contributed by atoms with Crippen LogP contribution in [0.5, 0.6) is 5.75 Å². The van der Waals surface area contributed by atoms with E-state index in [9.17, 15) is 9.59 Å². The van der Waals surface area contributed by atoms with Gasteiger partial charge in [0.2, 0.25) is 11.8 Å². The molecule has 8 nitrogen and oxygen atoms in total. The minimum absolute atomic E-state index is 0.0485. The van der Waals surface area contributed by atoms with Gasteiger partial charge in [-0.05, 0) is 25.8 Å². The van der Waals surface area contributed by atoms with Crippen LogP contribution in [0.4, 0.5) is 0 Å². The summed E-state index contributed by atoms with van der Waals surface area (Å²) in [7, 11) is -0.596. The molecule has 1 aromatic carbocycles. The minimum atomic E-state index is -2.13. The molecule has 1 fully saturated rings. The lowest BCUT2D eigenvalue weighted by atomic mass is 10.1. The van der Waals surface area contributed by atoms with Gasteiger partial charge in [-0.15, -0.1) is 0 Å². The van der Waals surface area contributed by atoms with Crippen LogP contribution in [0.2, 0.25) is 19.6 Å². The summed E-state index contributed by atoms with van der Waals surface area (Å²) in [6.07, 6.45) is 1.43. The van der Waals surface area contributed by atoms with E-state index in [0.29, 0.717) is 24.3 Å². The number of carbonyl (C=O) groups is 2. The molecular formula is C20H33N5O3Si. The summed E-state index contributed by atoms with van der Waals surface area (Å²) < 4.78 is 5.40. The number of rotatable bonds is 7. The summed E-state index contributed by atoms with van der Waals surface area (Å²) in [6, 6.07) is 4.55. The number of nitrogens with two attached hydrogens (primary N) is 2. The van der Waals surface area contributed by atoms with Crippen molar-refractivity contribution in [2.75, 3.05) is 13.7 Å². The first-order valence-electron chi connectivity index (χ1n) is 9.82. The van der Waals surface area contributed by atoms with Gasteiger partial charge in [0.15, 0.2) is 0 Å². The lowest BCUT2D eigenvalue weighted by Gasteiger charge is -2.46. The molecule has 0 unspecified atom stereocenters. The van der Waals surface area contributed by atoms with Crippen molar-refractivity contribution in [1.29, 1.82) is 5.41 Å². The monoisotopic (exact) mass is 419 g/mol. The van der Waals surface area contributed by atoms with Gasteiger partial charge in [-0.25, -0.2) is 0 Å². The van der Waals surface area contributed by atoms with Crippen molar-refractivity contribution >= 4 is 25.7 Å². The van der Waals surface area contributed by atoms with Gasteiger partial charge in [0, 0.05) is 24.2 Å². The van der Waals surface area contributed by atoms with Gasteiger partial charge < -0.3 is 26.4 Å². The number of ether oxygens (including phenoxy) is 1. The molecule has 9 heteroatoms. The van der Waals surface area contributed by atoms with E-state index in [1.54, 1.807) is 30.0 Å². The van der Waals surface area contributed by atoms with Crippen LogP contribution in [0.15, 0.2) is 18.2 Å². The van der Waals surface area contributed by atoms with Gasteiger partial charge in [-0.1, -0.05) is 31.8 Å². The molecule has 1 aliphatic heterocycles. The first-order chi connectivity index (χ1) is 13.5. The topological polar surface area (TPSA) is 135 Å². The average Bonchev–Trinajstić information content (AvgIpc) is 3.11. The quantitative estimate of drug-likeness (QED) is 0.299. The molecule has 0 aliphatic carbocycles. The maximum Gasteiger partial charge on any atom is 0.242 e. The molecule has 0 saturated carbocycles. The van der Waals surface area contributed by atoms with Crippen LogP contribution in [-0.4, -0.2) is 55.5 Å². The Balaban J connectivity index is 2.31. The molecule has 1 heterocycles. The SMILES string of the molecule is COc1cc(C(=N)N)ccc1CNC(=O)[C@]1([Si](C)(C)C)CCCN1C(=O)[C@H](C)N. The zero-order chi connectivity index (χ0) is 22.0. The van der Waals surface area contributed by atoms with E-state index in [1.165, 1.54) is 7.11 Å². The van der Waals surface area contributed by atoms with Gasteiger partial charge in [0.05, 0.1) is 21.2 Å². The maximum absolute atomic E-state index is 13.5. The van der Waals surface area contributed by atoms with Gasteiger partial charge in [-0.3, -0.25) is 15.0 Å². The summed E-state index contributed by atoms with van der Waals surface area (Å²) in [5.41, 5.74) is 12.7. The van der Waals surface area contributed by atoms with Crippen molar-refractivity contribution in [1.82, 2.24) is 10.2 Å². The average molecular weight is 420 g/mol. The normalized spacial score (nSPS) is 20.3. The molecule has 0 radical (unpaired) electrons. The van der Waals surface area contributed by atoms with Crippen LogP contribution >= 0.6 is 0 Å². The van der Waals surface area contributed by atoms with Crippen molar-refractivity contribution < 1.29 is 14.3 Å². The van der Waals surface area contributed by atoms with Crippen molar-refractivity contribution in [2.45, 2.75) is 57.2 Å². The second-order valence-corrected chi connectivity index (χ2v) is 13.9. The fourth-order valence-corrected chi connectivity index (χ4v) is 6.83. The molecule has 6 N–H and O–H groups in total. The van der Waals surface area contributed by atoms with Gasteiger partial charge in [0.25, 0.3) is 0 Å². The highest BCUT2D eigenvalue weighted by molar-refractivity contribution is 6.82. The van der Waals surface area contributed by atoms with Crippen LogP contribution in [0, 0.1) is 5.41 Å². The van der Waals surface area contributed by atoms with E-state index < -0.39 is 19.3 Å². The number of hydrogen-bond acceptors (Lipinski definition) is 5. The van der Waals surface area contributed by atoms with Crippen LogP contribution in [-0.2, 0) is 16.1 Å². The second-order valence-electron chi connectivity index (χ2n) is 8.62. The molecular weight excluding hydrogens is 386 g/mol. The Bertz CT molecular complexity index is 806. The summed E-state index contributed by atoms with van der Waals surface area (Å²) >= 11 is 0. The van der Waals surface area contributed by atoms with Crippen LogP contribution in [0.3, 0.4) is 0 Å². The Kier molecular flexibility index (Phi) is 6.74. The predicted octanol–water partition coefficient (Wildman–Crippen LogP) is 1.18. The van der Waals surface area contributed by atoms with Crippen molar-refractivity contribution in [3.05, 3.63) is 29.3 Å². The fraction of sp³-hybridized carbons (Fsp3) is 0.550. The first-order valence-corrected chi connectivity index (χ1v) is 13.3. The first kappa shape index (κ1) is 22.9. The minimum Gasteiger partial charge on any atom is -0.496 e. The predicted molar refractivity (Wildman–Crippen MR) is 117 cm³/mol. The van der Waals surface area contributed by atoms with Crippen molar-refractivity contribution in [2.24, 2.45) is 11.5 Å². The molecule has 1 aliphatic rings. The highest BCUT2D eigenvalue weighted by Crippen LogP contribution is 2.38. The smallest absolute Gasteiger partial charge is 0.242 e. The molecule has 1 saturated heterocycles. The molecule has 0 aromatic heterocycles. The third-order valence-electron chi connectivity index (χ3n) is 5.69. The molecule has 160 valence electrons. The maximum atomic E-state index is 13.5. The largest absolute Gasteiger partial charge is 0.496 e. The zero-order valence-electron chi connectivity index (χ0n) is 18.0. The second kappa shape index (κ2) is 8.54. The van der Waals surface area contributed by atoms with E-state index >= 15 is 0 Å². The van der Waals surface area contributed by atoms with Crippen LogP contribution in [0.1, 0.15) is 30.9 Å².